The van der Waals surface area contributed by atoms with Gasteiger partial charge in [-0.15, -0.1) is 0 Å². The van der Waals surface area contributed by atoms with Crippen molar-refractivity contribution in [1.29, 1.82) is 0 Å². The standard InChI is InChI=1S/C9H11NO3/c1-12-8-5-3-4-7(6-8)10-9(11)13-2/h3-6H,1-2H3,(H,10,11). The molecule has 0 spiro atoms. The largest absolute Gasteiger partial charge is 0.497 e. The van der Waals surface area contributed by atoms with Crippen LogP contribution in [0.4, 0.5) is 10.5 Å². The van der Waals surface area contributed by atoms with Crippen molar-refractivity contribution >= 4 is 11.8 Å². The highest BCUT2D eigenvalue weighted by atomic mass is 16.5. The topological polar surface area (TPSA) is 47.6 Å². The number of methoxy groups -OCH3 is 2. The van der Waals surface area contributed by atoms with E-state index >= 15 is 0 Å². The van der Waals surface area contributed by atoms with E-state index in [-0.39, 0.29) is 0 Å². The first kappa shape index (κ1) is 9.38. The molecule has 4 nitrogen and oxygen atoms in total. The predicted octanol–water partition coefficient (Wildman–Crippen LogP) is 1.87. The zero-order valence-electron chi connectivity index (χ0n) is 7.53. The molecule has 0 aliphatic rings. The second-order valence-corrected chi connectivity index (χ2v) is 2.35. The summed E-state index contributed by atoms with van der Waals surface area (Å²) in [5.41, 5.74) is 0.645. The highest BCUT2D eigenvalue weighted by Crippen LogP contribution is 2.16. The molecule has 1 N–H and O–H groups in total. The van der Waals surface area contributed by atoms with Gasteiger partial charge in [0.2, 0.25) is 0 Å². The molecule has 0 aliphatic carbocycles. The lowest BCUT2D eigenvalue weighted by Gasteiger charge is -2.04. The Morgan fingerprint density at radius 1 is 1.38 bits per heavy atom. The minimum atomic E-state index is -0.492. The number of rotatable bonds is 2. The van der Waals surface area contributed by atoms with Crippen molar-refractivity contribution in [3.8, 4) is 5.75 Å². The Labute approximate surface area is 76.5 Å². The molecule has 0 atom stereocenters. The first-order valence-corrected chi connectivity index (χ1v) is 3.75. The molecule has 0 saturated carbocycles. The van der Waals surface area contributed by atoms with Crippen molar-refractivity contribution in [3.63, 3.8) is 0 Å². The number of carbonyl (C=O) groups excluding carboxylic acids is 1. The molecular weight excluding hydrogens is 170 g/mol. The molecule has 1 aromatic rings. The summed E-state index contributed by atoms with van der Waals surface area (Å²) in [5, 5.41) is 2.53. The third kappa shape index (κ3) is 2.66. The summed E-state index contributed by atoms with van der Waals surface area (Å²) < 4.78 is 9.41. The highest BCUT2D eigenvalue weighted by Gasteiger charge is 2.00. The third-order valence-corrected chi connectivity index (χ3v) is 1.50. The molecule has 1 amide bonds. The monoisotopic (exact) mass is 181 g/mol. The Morgan fingerprint density at radius 3 is 2.77 bits per heavy atom. The van der Waals surface area contributed by atoms with Gasteiger partial charge in [-0.2, -0.15) is 0 Å². The molecule has 0 unspecified atom stereocenters. The van der Waals surface area contributed by atoms with Crippen molar-refractivity contribution in [2.75, 3.05) is 19.5 Å². The quantitative estimate of drug-likeness (QED) is 0.757. The molecule has 0 aliphatic heterocycles. The van der Waals surface area contributed by atoms with Crippen LogP contribution < -0.4 is 10.1 Å². The van der Waals surface area contributed by atoms with Crippen molar-refractivity contribution in [3.05, 3.63) is 24.3 Å². The minimum Gasteiger partial charge on any atom is -0.497 e. The van der Waals surface area contributed by atoms with Crippen molar-refractivity contribution in [1.82, 2.24) is 0 Å². The maximum atomic E-state index is 10.8. The van der Waals surface area contributed by atoms with E-state index in [2.05, 4.69) is 10.1 Å². The third-order valence-electron chi connectivity index (χ3n) is 1.50. The van der Waals surface area contributed by atoms with Gasteiger partial charge in [0.1, 0.15) is 5.75 Å². The number of benzene rings is 1. The first-order chi connectivity index (χ1) is 6.26. The van der Waals surface area contributed by atoms with E-state index in [9.17, 15) is 4.79 Å². The predicted molar refractivity (Wildman–Crippen MR) is 49.0 cm³/mol. The van der Waals surface area contributed by atoms with Gasteiger partial charge in [-0.1, -0.05) is 6.07 Å². The number of amides is 1. The molecule has 0 radical (unpaired) electrons. The van der Waals surface area contributed by atoms with E-state index in [1.54, 1.807) is 31.4 Å². The van der Waals surface area contributed by atoms with Crippen LogP contribution in [0, 0.1) is 0 Å². The molecule has 0 saturated heterocycles. The maximum absolute atomic E-state index is 10.8. The zero-order chi connectivity index (χ0) is 9.68. The van der Waals surface area contributed by atoms with Gasteiger partial charge in [-0.25, -0.2) is 4.79 Å². The molecule has 1 rings (SSSR count). The van der Waals surface area contributed by atoms with Gasteiger partial charge in [0, 0.05) is 11.8 Å². The summed E-state index contributed by atoms with van der Waals surface area (Å²) in [7, 11) is 2.88. The second kappa shape index (κ2) is 4.35. The minimum absolute atomic E-state index is 0.492. The Hall–Kier alpha value is -1.71. The average Bonchev–Trinajstić information content (AvgIpc) is 2.18. The van der Waals surface area contributed by atoms with Crippen molar-refractivity contribution < 1.29 is 14.3 Å². The van der Waals surface area contributed by atoms with Crippen LogP contribution in [-0.4, -0.2) is 20.3 Å². The summed E-state index contributed by atoms with van der Waals surface area (Å²) >= 11 is 0. The van der Waals surface area contributed by atoms with Gasteiger partial charge in [0.05, 0.1) is 14.2 Å². The normalized spacial score (nSPS) is 9.08. The summed E-state index contributed by atoms with van der Waals surface area (Å²) in [4.78, 5) is 10.8. The average molecular weight is 181 g/mol. The molecule has 4 heteroatoms. The van der Waals surface area contributed by atoms with Gasteiger partial charge >= 0.3 is 6.09 Å². The molecule has 0 heterocycles. The van der Waals surface area contributed by atoms with Crippen LogP contribution in [0.15, 0.2) is 24.3 Å². The molecule has 0 aromatic heterocycles. The van der Waals surface area contributed by atoms with Crippen LogP contribution in [0.3, 0.4) is 0 Å². The fourth-order valence-electron chi connectivity index (χ4n) is 0.870. The Kier molecular flexibility index (Phi) is 3.14. The van der Waals surface area contributed by atoms with Gasteiger partial charge in [0.25, 0.3) is 0 Å². The van der Waals surface area contributed by atoms with E-state index in [4.69, 9.17) is 4.74 Å². The van der Waals surface area contributed by atoms with Gasteiger partial charge in [-0.05, 0) is 12.1 Å². The van der Waals surface area contributed by atoms with Crippen LogP contribution in [0.5, 0.6) is 5.75 Å². The lowest BCUT2D eigenvalue weighted by Crippen LogP contribution is -2.10. The second-order valence-electron chi connectivity index (χ2n) is 2.35. The number of hydrogen-bond acceptors (Lipinski definition) is 3. The Bertz CT molecular complexity index is 299. The molecule has 1 aromatic carbocycles. The smallest absolute Gasteiger partial charge is 0.411 e. The summed E-state index contributed by atoms with van der Waals surface area (Å²) in [5.74, 6) is 0.689. The lowest BCUT2D eigenvalue weighted by atomic mass is 10.3. The Balaban J connectivity index is 2.71. The first-order valence-electron chi connectivity index (χ1n) is 3.75. The van der Waals surface area contributed by atoms with Crippen LogP contribution in [0.25, 0.3) is 0 Å². The molecule has 0 fully saturated rings. The zero-order valence-corrected chi connectivity index (χ0v) is 7.53. The Morgan fingerprint density at radius 2 is 2.15 bits per heavy atom. The van der Waals surface area contributed by atoms with Crippen molar-refractivity contribution in [2.24, 2.45) is 0 Å². The van der Waals surface area contributed by atoms with Gasteiger partial charge in [0.15, 0.2) is 0 Å². The highest BCUT2D eigenvalue weighted by molar-refractivity contribution is 5.84. The number of carbonyl (C=O) groups is 1. The van der Waals surface area contributed by atoms with E-state index in [1.165, 1.54) is 7.11 Å². The van der Waals surface area contributed by atoms with E-state index in [0.717, 1.165) is 0 Å². The molecular formula is C9H11NO3. The van der Waals surface area contributed by atoms with E-state index in [0.29, 0.717) is 11.4 Å². The fraction of sp³-hybridized carbons (Fsp3) is 0.222. The molecule has 0 bridgehead atoms. The molecule has 70 valence electrons. The number of nitrogens with one attached hydrogen (secondary N) is 1. The number of ether oxygens (including phenoxy) is 2. The van der Waals surface area contributed by atoms with Crippen LogP contribution >= 0.6 is 0 Å². The SMILES string of the molecule is COC(=O)Nc1cccc(OC)c1. The summed E-state index contributed by atoms with van der Waals surface area (Å²) in [6.45, 7) is 0. The number of anilines is 1. The van der Waals surface area contributed by atoms with Gasteiger partial charge < -0.3 is 9.47 Å². The lowest BCUT2D eigenvalue weighted by molar-refractivity contribution is 0.187. The van der Waals surface area contributed by atoms with E-state index < -0.39 is 6.09 Å². The number of hydrogen-bond donors (Lipinski definition) is 1. The summed E-state index contributed by atoms with van der Waals surface area (Å²) in [6.07, 6.45) is -0.492. The van der Waals surface area contributed by atoms with Crippen molar-refractivity contribution in [2.45, 2.75) is 0 Å². The van der Waals surface area contributed by atoms with Crippen LogP contribution in [-0.2, 0) is 4.74 Å². The maximum Gasteiger partial charge on any atom is 0.411 e. The molecule has 13 heavy (non-hydrogen) atoms. The van der Waals surface area contributed by atoms with Crippen LogP contribution in [0.2, 0.25) is 0 Å². The summed E-state index contributed by atoms with van der Waals surface area (Å²) in [6, 6.07) is 7.03. The van der Waals surface area contributed by atoms with Gasteiger partial charge in [-0.3, -0.25) is 5.32 Å². The van der Waals surface area contributed by atoms with E-state index in [1.807, 2.05) is 0 Å². The van der Waals surface area contributed by atoms with Crippen LogP contribution in [0.1, 0.15) is 0 Å². The fourth-order valence-corrected chi connectivity index (χ4v) is 0.870.